The minimum Gasteiger partial charge on any atom is -0.486 e. The van der Waals surface area contributed by atoms with Crippen molar-refractivity contribution in [3.05, 3.63) is 89.5 Å². The zero-order valence-electron chi connectivity index (χ0n) is 26.2. The van der Waals surface area contributed by atoms with Gasteiger partial charge in [0.1, 0.15) is 19.3 Å². The predicted molar refractivity (Wildman–Crippen MR) is 172 cm³/mol. The third-order valence-corrected chi connectivity index (χ3v) is 8.36. The molecule has 0 bridgehead atoms. The summed E-state index contributed by atoms with van der Waals surface area (Å²) in [6.45, 7) is 8.86. The molecule has 9 nitrogen and oxygen atoms in total. The average molecular weight is 622 g/mol. The first-order valence-corrected chi connectivity index (χ1v) is 16.7. The molecule has 236 valence electrons. The first-order chi connectivity index (χ1) is 20.8. The number of ether oxygens (including phenoxy) is 2. The fourth-order valence-electron chi connectivity index (χ4n) is 5.21. The summed E-state index contributed by atoms with van der Waals surface area (Å²) in [7, 11) is -3.66. The lowest BCUT2D eigenvalue weighted by molar-refractivity contribution is -0.142. The van der Waals surface area contributed by atoms with Crippen LogP contribution in [-0.4, -0.2) is 62.7 Å². The Balaban J connectivity index is 1.59. The second-order valence-corrected chi connectivity index (χ2v) is 14.1. The van der Waals surface area contributed by atoms with Crippen LogP contribution in [0.3, 0.4) is 0 Å². The molecule has 3 aromatic rings. The van der Waals surface area contributed by atoms with Crippen LogP contribution in [0.2, 0.25) is 0 Å². The maximum absolute atomic E-state index is 14.0. The van der Waals surface area contributed by atoms with E-state index in [4.69, 9.17) is 9.47 Å². The van der Waals surface area contributed by atoms with Crippen molar-refractivity contribution in [1.29, 1.82) is 0 Å². The minimum atomic E-state index is -3.66. The fraction of sp³-hybridized carbons (Fsp3) is 0.412. The molecule has 0 unspecified atom stereocenters. The predicted octanol–water partition coefficient (Wildman–Crippen LogP) is 4.87. The molecule has 3 aromatic carbocycles. The summed E-state index contributed by atoms with van der Waals surface area (Å²) >= 11 is 0. The fourth-order valence-corrected chi connectivity index (χ4v) is 6.16. The van der Waals surface area contributed by atoms with E-state index in [2.05, 4.69) is 5.32 Å². The summed E-state index contributed by atoms with van der Waals surface area (Å²) in [5, 5.41) is 3.07. The molecule has 2 amide bonds. The Morgan fingerprint density at radius 1 is 0.909 bits per heavy atom. The zero-order chi connectivity index (χ0) is 31.9. The van der Waals surface area contributed by atoms with E-state index in [1.165, 1.54) is 4.31 Å². The van der Waals surface area contributed by atoms with Gasteiger partial charge in [0.25, 0.3) is 0 Å². The largest absolute Gasteiger partial charge is 0.486 e. The molecule has 1 heterocycles. The highest BCUT2D eigenvalue weighted by Crippen LogP contribution is 2.35. The lowest BCUT2D eigenvalue weighted by Gasteiger charge is -2.34. The molecule has 0 radical (unpaired) electrons. The lowest BCUT2D eigenvalue weighted by Crippen LogP contribution is -2.54. The van der Waals surface area contributed by atoms with Gasteiger partial charge < -0.3 is 19.7 Å². The molecule has 1 aliphatic rings. The van der Waals surface area contributed by atoms with E-state index < -0.39 is 21.6 Å². The Morgan fingerprint density at radius 3 is 2.25 bits per heavy atom. The van der Waals surface area contributed by atoms with E-state index in [-0.39, 0.29) is 37.7 Å². The Bertz CT molecular complexity index is 1550. The van der Waals surface area contributed by atoms with Crippen LogP contribution < -0.4 is 19.1 Å². The Morgan fingerprint density at radius 2 is 1.59 bits per heavy atom. The molecule has 0 aliphatic carbocycles. The molecule has 0 spiro atoms. The van der Waals surface area contributed by atoms with Crippen molar-refractivity contribution in [2.75, 3.05) is 30.3 Å². The summed E-state index contributed by atoms with van der Waals surface area (Å²) in [5.41, 5.74) is 2.84. The summed E-state index contributed by atoms with van der Waals surface area (Å²) in [6.07, 6.45) is 1.79. The maximum atomic E-state index is 14.0. The van der Waals surface area contributed by atoms with Crippen molar-refractivity contribution in [2.45, 2.75) is 65.1 Å². The molecular weight excluding hydrogens is 578 g/mol. The number of carbonyl (C=O) groups is 2. The van der Waals surface area contributed by atoms with E-state index in [1.807, 2.05) is 82.3 Å². The van der Waals surface area contributed by atoms with E-state index in [1.54, 1.807) is 23.1 Å². The van der Waals surface area contributed by atoms with E-state index in [0.29, 0.717) is 36.8 Å². The highest BCUT2D eigenvalue weighted by molar-refractivity contribution is 7.92. The average Bonchev–Trinajstić information content (AvgIpc) is 2.96. The number of fused-ring (bicyclic) bond motifs is 1. The Labute approximate surface area is 261 Å². The lowest BCUT2D eigenvalue weighted by atomic mass is 10.00. The van der Waals surface area contributed by atoms with Crippen LogP contribution in [-0.2, 0) is 32.6 Å². The van der Waals surface area contributed by atoms with Crippen LogP contribution in [0.5, 0.6) is 11.5 Å². The summed E-state index contributed by atoms with van der Waals surface area (Å²) < 4.78 is 38.1. The van der Waals surface area contributed by atoms with Crippen LogP contribution >= 0.6 is 0 Å². The van der Waals surface area contributed by atoms with Crippen molar-refractivity contribution >= 4 is 27.5 Å². The van der Waals surface area contributed by atoms with Gasteiger partial charge in [0.05, 0.1) is 11.9 Å². The number of anilines is 1. The van der Waals surface area contributed by atoms with Gasteiger partial charge >= 0.3 is 0 Å². The number of amides is 2. The van der Waals surface area contributed by atoms with Crippen molar-refractivity contribution in [3.63, 3.8) is 0 Å². The van der Waals surface area contributed by atoms with E-state index in [0.717, 1.165) is 22.9 Å². The standard InChI is InChI=1S/C34H43N3O6S/c1-25-11-9-14-27(21-25)24-36(29(33(39)35-34(2,3)4)22-26-12-7-6-8-13-26)32(38)15-10-18-37(44(5,40)41)28-16-17-30-31(23-28)43-20-19-42-30/h6-9,11-14,16-17,21,23,29H,10,15,18-20,22,24H2,1-5H3,(H,35,39)/t29-/m1/s1. The van der Waals surface area contributed by atoms with Crippen molar-refractivity contribution in [3.8, 4) is 11.5 Å². The van der Waals surface area contributed by atoms with Crippen LogP contribution in [0, 0.1) is 6.92 Å². The number of benzene rings is 3. The highest BCUT2D eigenvalue weighted by atomic mass is 32.2. The van der Waals surface area contributed by atoms with Crippen LogP contribution in [0.15, 0.2) is 72.8 Å². The second-order valence-electron chi connectivity index (χ2n) is 12.2. The number of hydrogen-bond acceptors (Lipinski definition) is 6. The molecule has 44 heavy (non-hydrogen) atoms. The van der Waals surface area contributed by atoms with Gasteiger partial charge in [-0.05, 0) is 57.4 Å². The molecule has 0 saturated carbocycles. The maximum Gasteiger partial charge on any atom is 0.243 e. The van der Waals surface area contributed by atoms with E-state index in [9.17, 15) is 18.0 Å². The van der Waals surface area contributed by atoms with Crippen LogP contribution in [0.25, 0.3) is 0 Å². The minimum absolute atomic E-state index is 0.0521. The molecule has 1 N–H and O–H groups in total. The van der Waals surface area contributed by atoms with Gasteiger partial charge in [-0.3, -0.25) is 13.9 Å². The van der Waals surface area contributed by atoms with Crippen molar-refractivity contribution in [2.24, 2.45) is 0 Å². The molecule has 1 aliphatic heterocycles. The van der Waals surface area contributed by atoms with Gasteiger partial charge in [-0.25, -0.2) is 8.42 Å². The second kappa shape index (κ2) is 14.2. The molecule has 0 fully saturated rings. The summed E-state index contributed by atoms with van der Waals surface area (Å²) in [5.74, 6) is 0.577. The number of nitrogens with one attached hydrogen (secondary N) is 1. The Hall–Kier alpha value is -4.05. The monoisotopic (exact) mass is 621 g/mol. The van der Waals surface area contributed by atoms with Gasteiger partial charge in [-0.2, -0.15) is 0 Å². The van der Waals surface area contributed by atoms with Crippen LogP contribution in [0.1, 0.15) is 50.3 Å². The molecule has 4 rings (SSSR count). The Kier molecular flexibility index (Phi) is 10.6. The highest BCUT2D eigenvalue weighted by Gasteiger charge is 2.32. The normalized spacial score (nSPS) is 13.6. The number of aryl methyl sites for hydroxylation is 1. The van der Waals surface area contributed by atoms with Crippen molar-refractivity contribution in [1.82, 2.24) is 10.2 Å². The zero-order valence-corrected chi connectivity index (χ0v) is 27.0. The third kappa shape index (κ3) is 9.22. The van der Waals surface area contributed by atoms with Gasteiger partial charge in [-0.1, -0.05) is 60.2 Å². The number of sulfonamides is 1. The van der Waals surface area contributed by atoms with Crippen LogP contribution in [0.4, 0.5) is 5.69 Å². The first kappa shape index (κ1) is 32.9. The first-order valence-electron chi connectivity index (χ1n) is 14.9. The number of nitrogens with zero attached hydrogens (tertiary/aromatic N) is 2. The molecule has 0 saturated heterocycles. The SMILES string of the molecule is Cc1cccc(CN(C(=O)CCCN(c2ccc3c(c2)OCCO3)S(C)(=O)=O)[C@H](Cc2ccccc2)C(=O)NC(C)(C)C)c1. The number of hydrogen-bond donors (Lipinski definition) is 1. The summed E-state index contributed by atoms with van der Waals surface area (Å²) in [4.78, 5) is 29.4. The summed E-state index contributed by atoms with van der Waals surface area (Å²) in [6, 6.07) is 21.8. The van der Waals surface area contributed by atoms with Gasteiger partial charge in [-0.15, -0.1) is 0 Å². The van der Waals surface area contributed by atoms with Gasteiger partial charge in [0, 0.05) is 37.5 Å². The number of carbonyl (C=O) groups excluding carboxylic acids is 2. The number of rotatable bonds is 12. The topological polar surface area (TPSA) is 105 Å². The third-order valence-electron chi connectivity index (χ3n) is 7.17. The smallest absolute Gasteiger partial charge is 0.243 e. The molecule has 0 aromatic heterocycles. The van der Waals surface area contributed by atoms with Crippen molar-refractivity contribution < 1.29 is 27.5 Å². The van der Waals surface area contributed by atoms with Gasteiger partial charge in [0.2, 0.25) is 21.8 Å². The molecular formula is C34H43N3O6S. The quantitative estimate of drug-likeness (QED) is 0.310. The van der Waals surface area contributed by atoms with E-state index >= 15 is 0 Å². The molecule has 10 heteroatoms. The molecule has 1 atom stereocenters. The van der Waals surface area contributed by atoms with Gasteiger partial charge in [0.15, 0.2) is 11.5 Å².